The largest absolute Gasteiger partial charge is 0.364 e. The van der Waals surface area contributed by atoms with Crippen molar-refractivity contribution in [2.45, 2.75) is 13.3 Å². The van der Waals surface area contributed by atoms with E-state index in [0.717, 1.165) is 21.9 Å². The molecule has 1 aromatic carbocycles. The Labute approximate surface area is 150 Å². The van der Waals surface area contributed by atoms with Gasteiger partial charge in [0.1, 0.15) is 16.4 Å². The van der Waals surface area contributed by atoms with Gasteiger partial charge in [-0.2, -0.15) is 0 Å². The van der Waals surface area contributed by atoms with Gasteiger partial charge >= 0.3 is 0 Å². The van der Waals surface area contributed by atoms with Crippen molar-refractivity contribution in [1.82, 2.24) is 9.97 Å². The molecule has 0 aliphatic rings. The lowest BCUT2D eigenvalue weighted by molar-refractivity contribution is 0.0992. The average Bonchev–Trinajstić information content (AvgIpc) is 3.16. The highest BCUT2D eigenvalue weighted by atomic mass is 32.1. The minimum Gasteiger partial charge on any atom is -0.364 e. The van der Waals surface area contributed by atoms with Crippen LogP contribution in [0.4, 0.5) is 9.52 Å². The van der Waals surface area contributed by atoms with E-state index in [9.17, 15) is 14.0 Å². The maximum absolute atomic E-state index is 13.0. The zero-order chi connectivity index (χ0) is 18.0. The van der Waals surface area contributed by atoms with E-state index >= 15 is 0 Å². The molecule has 3 N–H and O–H groups in total. The number of carbonyl (C=O) groups excluding carboxylic acids is 2. The number of thiazole rings is 2. The maximum atomic E-state index is 13.0. The summed E-state index contributed by atoms with van der Waals surface area (Å²) in [7, 11) is 0. The second-order valence-electron chi connectivity index (χ2n) is 5.18. The van der Waals surface area contributed by atoms with Gasteiger partial charge in [-0.3, -0.25) is 14.9 Å². The number of amides is 2. The van der Waals surface area contributed by atoms with Crippen LogP contribution < -0.4 is 11.1 Å². The second-order valence-corrected chi connectivity index (χ2v) is 7.12. The van der Waals surface area contributed by atoms with Crippen molar-refractivity contribution in [2.24, 2.45) is 5.73 Å². The first-order valence-electron chi connectivity index (χ1n) is 7.20. The molecule has 6 nitrogen and oxygen atoms in total. The van der Waals surface area contributed by atoms with E-state index in [2.05, 4.69) is 15.3 Å². The molecule has 2 heterocycles. The summed E-state index contributed by atoms with van der Waals surface area (Å²) >= 11 is 2.39. The van der Waals surface area contributed by atoms with Crippen LogP contribution in [0.15, 0.2) is 29.6 Å². The first-order chi connectivity index (χ1) is 11.9. The van der Waals surface area contributed by atoms with E-state index in [1.807, 2.05) is 0 Å². The Morgan fingerprint density at radius 3 is 2.60 bits per heavy atom. The first kappa shape index (κ1) is 17.2. The van der Waals surface area contributed by atoms with Crippen molar-refractivity contribution in [1.29, 1.82) is 0 Å². The molecule has 0 aliphatic heterocycles. The van der Waals surface area contributed by atoms with Gasteiger partial charge in [0.15, 0.2) is 5.13 Å². The topological polar surface area (TPSA) is 98.0 Å². The molecule has 0 bridgehead atoms. The molecule has 2 aromatic heterocycles. The van der Waals surface area contributed by atoms with Crippen molar-refractivity contribution in [2.75, 3.05) is 5.32 Å². The molecular formula is C16H13FN4O2S2. The fourth-order valence-electron chi connectivity index (χ4n) is 2.11. The average molecular weight is 376 g/mol. The molecule has 9 heteroatoms. The summed E-state index contributed by atoms with van der Waals surface area (Å²) < 4.78 is 13.0. The minimum absolute atomic E-state index is 0.110. The van der Waals surface area contributed by atoms with Crippen LogP contribution in [0.2, 0.25) is 0 Å². The lowest BCUT2D eigenvalue weighted by atomic mass is 10.1. The summed E-state index contributed by atoms with van der Waals surface area (Å²) in [6, 6.07) is 6.16. The predicted octanol–water partition coefficient (Wildman–Crippen LogP) is 2.99. The van der Waals surface area contributed by atoms with Gasteiger partial charge in [-0.25, -0.2) is 14.4 Å². The molecule has 0 unspecified atom stereocenters. The SMILES string of the molecule is Cc1nc(Cc2ccc(F)cc2)sc1C(=O)Nc1nc(C(N)=O)cs1. The standard InChI is InChI=1S/C16H13FN4O2S2/c1-8-13(15(23)21-16-20-11(7-24-16)14(18)22)25-12(19-8)6-9-2-4-10(17)5-3-9/h2-5,7H,6H2,1H3,(H2,18,22)(H,20,21,23). The van der Waals surface area contributed by atoms with Gasteiger partial charge in [0.25, 0.3) is 11.8 Å². The molecule has 0 saturated carbocycles. The molecule has 0 fully saturated rings. The molecule has 25 heavy (non-hydrogen) atoms. The normalized spacial score (nSPS) is 10.6. The van der Waals surface area contributed by atoms with Crippen LogP contribution in [0.1, 0.15) is 36.4 Å². The molecule has 0 atom stereocenters. The number of hydrogen-bond acceptors (Lipinski definition) is 6. The number of aryl methyl sites for hydroxylation is 1. The van der Waals surface area contributed by atoms with E-state index in [0.29, 0.717) is 22.1 Å². The molecular weight excluding hydrogens is 363 g/mol. The lowest BCUT2D eigenvalue weighted by Crippen LogP contribution is -2.13. The Hall–Kier alpha value is -2.65. The van der Waals surface area contributed by atoms with Gasteiger partial charge < -0.3 is 5.73 Å². The molecule has 0 aliphatic carbocycles. The Bertz CT molecular complexity index is 934. The van der Waals surface area contributed by atoms with Gasteiger partial charge in [-0.15, -0.1) is 22.7 Å². The zero-order valence-electron chi connectivity index (χ0n) is 13.1. The second kappa shape index (κ2) is 7.08. The van der Waals surface area contributed by atoms with Gasteiger partial charge in [0, 0.05) is 11.8 Å². The number of nitrogens with one attached hydrogen (secondary N) is 1. The minimum atomic E-state index is -0.646. The Balaban J connectivity index is 1.73. The molecule has 0 radical (unpaired) electrons. The van der Waals surface area contributed by atoms with E-state index in [4.69, 9.17) is 5.73 Å². The number of hydrogen-bond donors (Lipinski definition) is 2. The van der Waals surface area contributed by atoms with E-state index < -0.39 is 5.91 Å². The number of carbonyl (C=O) groups is 2. The highest BCUT2D eigenvalue weighted by Crippen LogP contribution is 2.23. The summed E-state index contributed by atoms with van der Waals surface area (Å²) in [6.45, 7) is 1.75. The Kier molecular flexibility index (Phi) is 4.86. The number of rotatable bonds is 5. The van der Waals surface area contributed by atoms with Crippen LogP contribution in [0, 0.1) is 12.7 Å². The molecule has 3 aromatic rings. The third-order valence-electron chi connectivity index (χ3n) is 3.29. The van der Waals surface area contributed by atoms with Crippen LogP contribution in [-0.2, 0) is 6.42 Å². The summed E-state index contributed by atoms with van der Waals surface area (Å²) in [4.78, 5) is 32.2. The van der Waals surface area contributed by atoms with Crippen LogP contribution in [0.3, 0.4) is 0 Å². The monoisotopic (exact) mass is 376 g/mol. The highest BCUT2D eigenvalue weighted by Gasteiger charge is 2.17. The highest BCUT2D eigenvalue weighted by molar-refractivity contribution is 7.15. The Morgan fingerprint density at radius 2 is 1.96 bits per heavy atom. The van der Waals surface area contributed by atoms with Crippen LogP contribution in [-0.4, -0.2) is 21.8 Å². The van der Waals surface area contributed by atoms with Gasteiger partial charge in [0.2, 0.25) is 0 Å². The number of nitrogens with two attached hydrogens (primary N) is 1. The van der Waals surface area contributed by atoms with Crippen LogP contribution in [0.5, 0.6) is 0 Å². The van der Waals surface area contributed by atoms with Crippen molar-refractivity contribution in [3.63, 3.8) is 0 Å². The van der Waals surface area contributed by atoms with Crippen molar-refractivity contribution < 1.29 is 14.0 Å². The zero-order valence-corrected chi connectivity index (χ0v) is 14.7. The van der Waals surface area contributed by atoms with E-state index in [1.54, 1.807) is 19.1 Å². The van der Waals surface area contributed by atoms with Crippen molar-refractivity contribution in [3.8, 4) is 0 Å². The van der Waals surface area contributed by atoms with E-state index in [-0.39, 0.29) is 17.4 Å². The number of benzene rings is 1. The third-order valence-corrected chi connectivity index (χ3v) is 5.21. The van der Waals surface area contributed by atoms with E-state index in [1.165, 1.54) is 28.8 Å². The van der Waals surface area contributed by atoms with Gasteiger partial charge in [-0.1, -0.05) is 12.1 Å². The number of halogens is 1. The summed E-state index contributed by atoms with van der Waals surface area (Å²) in [5.41, 5.74) is 6.76. The number of aromatic nitrogens is 2. The fourth-order valence-corrected chi connectivity index (χ4v) is 3.80. The van der Waals surface area contributed by atoms with Crippen LogP contribution >= 0.6 is 22.7 Å². The number of anilines is 1. The maximum Gasteiger partial charge on any atom is 0.269 e. The predicted molar refractivity (Wildman–Crippen MR) is 94.6 cm³/mol. The molecule has 0 saturated heterocycles. The molecule has 2 amide bonds. The summed E-state index contributed by atoms with van der Waals surface area (Å²) in [5.74, 6) is -1.28. The fraction of sp³-hybridized carbons (Fsp3) is 0.125. The smallest absolute Gasteiger partial charge is 0.269 e. The third kappa shape index (κ3) is 4.06. The quantitative estimate of drug-likeness (QED) is 0.715. The molecule has 0 spiro atoms. The van der Waals surface area contributed by atoms with Gasteiger partial charge in [-0.05, 0) is 24.6 Å². The lowest BCUT2D eigenvalue weighted by Gasteiger charge is -1.99. The van der Waals surface area contributed by atoms with Gasteiger partial charge in [0.05, 0.1) is 10.7 Å². The van der Waals surface area contributed by atoms with Crippen molar-refractivity contribution >= 4 is 39.6 Å². The summed E-state index contributed by atoms with van der Waals surface area (Å²) in [5, 5.41) is 5.18. The van der Waals surface area contributed by atoms with Crippen molar-refractivity contribution in [3.05, 3.63) is 62.3 Å². The molecule has 128 valence electrons. The number of nitrogens with zero attached hydrogens (tertiary/aromatic N) is 2. The molecule has 3 rings (SSSR count). The summed E-state index contributed by atoms with van der Waals surface area (Å²) in [6.07, 6.45) is 0.516. The number of primary amides is 1. The van der Waals surface area contributed by atoms with Crippen LogP contribution in [0.25, 0.3) is 0 Å². The first-order valence-corrected chi connectivity index (χ1v) is 8.89. The Morgan fingerprint density at radius 1 is 1.24 bits per heavy atom.